The predicted molar refractivity (Wildman–Crippen MR) is 164 cm³/mol. The summed E-state index contributed by atoms with van der Waals surface area (Å²) >= 11 is 4.70. The van der Waals surface area contributed by atoms with E-state index in [9.17, 15) is 8.78 Å². The molecule has 0 amide bonds. The summed E-state index contributed by atoms with van der Waals surface area (Å²) < 4.78 is 58.0. The van der Waals surface area contributed by atoms with Gasteiger partial charge in [0.25, 0.3) is 0 Å². The van der Waals surface area contributed by atoms with Crippen LogP contribution in [0.25, 0.3) is 54.9 Å². The van der Waals surface area contributed by atoms with Crippen molar-refractivity contribution in [2.24, 2.45) is 0 Å². The third kappa shape index (κ3) is 5.47. The minimum Gasteiger partial charge on any atom is -0.204 e. The van der Waals surface area contributed by atoms with Crippen LogP contribution < -0.4 is 0 Å². The molecule has 0 fully saturated rings. The lowest BCUT2D eigenvalue weighted by molar-refractivity contribution is 0.510. The predicted octanol–water partition coefficient (Wildman–Crippen LogP) is 8.40. The summed E-state index contributed by atoms with van der Waals surface area (Å²) in [4.78, 5) is 0. The lowest BCUT2D eigenvalue weighted by Gasteiger charge is -1.97. The van der Waals surface area contributed by atoms with E-state index in [-0.39, 0.29) is 14.9 Å². The van der Waals surface area contributed by atoms with Crippen molar-refractivity contribution in [2.75, 3.05) is 0 Å². The minimum atomic E-state index is -0.884. The van der Waals surface area contributed by atoms with E-state index in [1.807, 2.05) is 24.3 Å². The van der Waals surface area contributed by atoms with E-state index in [0.717, 1.165) is 67.7 Å². The van der Waals surface area contributed by atoms with E-state index < -0.39 is 11.6 Å². The summed E-state index contributed by atoms with van der Waals surface area (Å²) in [5.41, 5.74) is 9.11. The second-order valence-electron chi connectivity index (χ2n) is 8.17. The lowest BCUT2D eigenvalue weighted by atomic mass is 10.1. The largest absolute Gasteiger partial charge is 0.204 e. The molecule has 4 heterocycles. The van der Waals surface area contributed by atoms with Crippen LogP contribution in [-0.4, -0.2) is 35.0 Å². The second kappa shape index (κ2) is 12.2. The SMILES string of the molecule is C.C.Cc1ccc(C)c2nsnc12.Fc1cc2nsnc2cc1F.c1cc2c(ccc3nsnc32)c2nsnc12. The molecule has 14 heteroatoms. The van der Waals surface area contributed by atoms with Crippen molar-refractivity contribution in [3.05, 3.63) is 71.3 Å². The molecule has 0 aliphatic carbocycles. The Morgan fingerprint density at radius 3 is 1.25 bits per heavy atom. The highest BCUT2D eigenvalue weighted by molar-refractivity contribution is 7.00. The van der Waals surface area contributed by atoms with Crippen LogP contribution in [0, 0.1) is 25.5 Å². The van der Waals surface area contributed by atoms with Gasteiger partial charge in [-0.1, -0.05) is 27.0 Å². The standard InChI is InChI=1S/C10H4N4S2.C8H8N2S.C6H2F2N2S.2CH4/c1-3-7-10(14-15-11-7)6-2-4-8-9(5(1)6)13-16-12-8;1-5-3-4-6(2)8-7(5)9-11-10-8;7-3-1-5-6(2-4(3)8)10-11-9-5;;/h1-4H;3-4H,1-2H3;1-2H;2*1H4. The second-order valence-corrected chi connectivity index (χ2v) is 10.3. The van der Waals surface area contributed by atoms with Gasteiger partial charge in [0.1, 0.15) is 44.1 Å². The van der Waals surface area contributed by atoms with Crippen LogP contribution in [0.15, 0.2) is 48.5 Å². The molecule has 0 bridgehead atoms. The van der Waals surface area contributed by atoms with Gasteiger partial charge in [0.2, 0.25) is 0 Å². The van der Waals surface area contributed by atoms with E-state index in [2.05, 4.69) is 61.0 Å². The zero-order valence-corrected chi connectivity index (χ0v) is 22.9. The minimum absolute atomic E-state index is 0. The monoisotopic (exact) mass is 612 g/mol. The Bertz CT molecular complexity index is 1920. The number of hydrogen-bond donors (Lipinski definition) is 0. The first-order valence-corrected chi connectivity index (χ1v) is 13.9. The summed E-state index contributed by atoms with van der Waals surface area (Å²) in [7, 11) is 0. The molecule has 8 nitrogen and oxygen atoms in total. The molecule has 8 rings (SSSR count). The van der Waals surface area contributed by atoms with Gasteiger partial charge in [-0.3, -0.25) is 0 Å². The zero-order valence-electron chi connectivity index (χ0n) is 19.6. The first kappa shape index (κ1) is 29.3. The summed E-state index contributed by atoms with van der Waals surface area (Å²) in [6.45, 7) is 4.12. The number of halogens is 2. The van der Waals surface area contributed by atoms with E-state index in [1.54, 1.807) is 0 Å². The summed E-state index contributed by atoms with van der Waals surface area (Å²) in [5, 5.41) is 2.21. The molecule has 4 aromatic heterocycles. The van der Waals surface area contributed by atoms with Gasteiger partial charge in [0.15, 0.2) is 11.6 Å². The first-order chi connectivity index (χ1) is 18.5. The van der Waals surface area contributed by atoms with Crippen molar-refractivity contribution in [1.82, 2.24) is 35.0 Å². The molecule has 0 aliphatic heterocycles. The summed E-state index contributed by atoms with van der Waals surface area (Å²) in [6, 6.07) is 14.3. The fourth-order valence-electron chi connectivity index (χ4n) is 3.79. The maximum Gasteiger partial charge on any atom is 0.161 e. The molecule has 0 N–H and O–H groups in total. The number of aryl methyl sites for hydroxylation is 2. The maximum absolute atomic E-state index is 12.5. The van der Waals surface area contributed by atoms with Crippen LogP contribution in [-0.2, 0) is 0 Å². The topological polar surface area (TPSA) is 103 Å². The highest BCUT2D eigenvalue weighted by Crippen LogP contribution is 2.29. The third-order valence-electron chi connectivity index (χ3n) is 5.76. The molecular formula is C26H22F2N8S4. The normalized spacial score (nSPS) is 10.6. The molecule has 8 aromatic rings. The van der Waals surface area contributed by atoms with Crippen LogP contribution in [0.5, 0.6) is 0 Å². The van der Waals surface area contributed by atoms with Gasteiger partial charge in [-0.05, 0) is 49.2 Å². The maximum atomic E-state index is 12.5. The van der Waals surface area contributed by atoms with Gasteiger partial charge in [-0.15, -0.1) is 0 Å². The lowest BCUT2D eigenvalue weighted by Crippen LogP contribution is -1.82. The zero-order chi connectivity index (χ0) is 26.2. The Labute approximate surface area is 244 Å². The van der Waals surface area contributed by atoms with Crippen molar-refractivity contribution >= 4 is 102 Å². The molecule has 4 aromatic carbocycles. The Balaban J connectivity index is 0.000000139. The van der Waals surface area contributed by atoms with Crippen LogP contribution in [0.4, 0.5) is 8.78 Å². The molecule has 0 unspecified atom stereocenters. The van der Waals surface area contributed by atoms with Gasteiger partial charge < -0.3 is 0 Å². The Morgan fingerprint density at radius 2 is 0.800 bits per heavy atom. The number of benzene rings is 4. The van der Waals surface area contributed by atoms with Crippen LogP contribution >= 0.6 is 46.9 Å². The van der Waals surface area contributed by atoms with E-state index in [4.69, 9.17) is 0 Å². The van der Waals surface area contributed by atoms with Crippen LogP contribution in [0.3, 0.4) is 0 Å². The van der Waals surface area contributed by atoms with Crippen LogP contribution in [0.2, 0.25) is 0 Å². The quantitative estimate of drug-likeness (QED) is 0.168. The van der Waals surface area contributed by atoms with Crippen molar-refractivity contribution in [2.45, 2.75) is 28.7 Å². The van der Waals surface area contributed by atoms with Gasteiger partial charge in [0.05, 0.1) is 46.9 Å². The molecular weight excluding hydrogens is 591 g/mol. The van der Waals surface area contributed by atoms with Crippen LogP contribution in [0.1, 0.15) is 26.0 Å². The number of hydrogen-bond acceptors (Lipinski definition) is 12. The van der Waals surface area contributed by atoms with E-state index in [1.165, 1.54) is 46.3 Å². The molecule has 40 heavy (non-hydrogen) atoms. The number of fused-ring (bicyclic) bond motifs is 7. The molecule has 0 aliphatic rings. The summed E-state index contributed by atoms with van der Waals surface area (Å²) in [5.74, 6) is -1.77. The molecule has 0 saturated heterocycles. The van der Waals surface area contributed by atoms with Crippen molar-refractivity contribution in [3.63, 3.8) is 0 Å². The van der Waals surface area contributed by atoms with Gasteiger partial charge in [-0.2, -0.15) is 35.0 Å². The highest BCUT2D eigenvalue weighted by Gasteiger charge is 2.09. The average Bonchev–Trinajstić information content (AvgIpc) is 3.73. The Kier molecular flexibility index (Phi) is 8.93. The third-order valence-corrected chi connectivity index (χ3v) is 7.93. The fourth-order valence-corrected chi connectivity index (χ4v) is 6.07. The van der Waals surface area contributed by atoms with Crippen molar-refractivity contribution < 1.29 is 8.78 Å². The average molecular weight is 613 g/mol. The number of nitrogens with zero attached hydrogens (tertiary/aromatic N) is 8. The first-order valence-electron chi connectivity index (χ1n) is 11.0. The Morgan fingerprint density at radius 1 is 0.450 bits per heavy atom. The fraction of sp³-hybridized carbons (Fsp3) is 0.154. The summed E-state index contributed by atoms with van der Waals surface area (Å²) in [6.07, 6.45) is 0. The van der Waals surface area contributed by atoms with E-state index >= 15 is 0 Å². The number of rotatable bonds is 0. The molecule has 0 saturated carbocycles. The molecule has 204 valence electrons. The number of aromatic nitrogens is 8. The Hall–Kier alpha value is -3.72. The smallest absolute Gasteiger partial charge is 0.161 e. The van der Waals surface area contributed by atoms with E-state index in [0.29, 0.717) is 11.0 Å². The van der Waals surface area contributed by atoms with Gasteiger partial charge in [0, 0.05) is 22.9 Å². The highest BCUT2D eigenvalue weighted by atomic mass is 32.1. The molecule has 0 spiro atoms. The molecule has 0 radical (unpaired) electrons. The molecule has 0 atom stereocenters. The van der Waals surface area contributed by atoms with Crippen molar-refractivity contribution in [1.29, 1.82) is 0 Å². The van der Waals surface area contributed by atoms with Crippen molar-refractivity contribution in [3.8, 4) is 0 Å². The van der Waals surface area contributed by atoms with Gasteiger partial charge in [-0.25, -0.2) is 8.78 Å². The van der Waals surface area contributed by atoms with Gasteiger partial charge >= 0.3 is 0 Å².